The molecule has 2 aliphatic heterocycles. The highest BCUT2D eigenvalue weighted by Gasteiger charge is 2.39. The molecule has 0 saturated carbocycles. The number of nitrogens with zero attached hydrogens (tertiary/aromatic N) is 3. The number of carboxylic acids is 2. The van der Waals surface area contributed by atoms with E-state index in [1.807, 2.05) is 20.8 Å². The number of amides is 1. The summed E-state index contributed by atoms with van der Waals surface area (Å²) in [6.45, 7) is 35.8. The third-order valence-electron chi connectivity index (χ3n) is 12.5. The van der Waals surface area contributed by atoms with Gasteiger partial charge < -0.3 is 34.6 Å². The molecule has 0 radical (unpaired) electrons. The molecule has 13 nitrogen and oxygen atoms in total. The molecular weight excluding hydrogens is 1100 g/mol. The third kappa shape index (κ3) is 23.5. The van der Waals surface area contributed by atoms with Crippen molar-refractivity contribution in [3.63, 3.8) is 0 Å². The number of aldehydes is 1. The molecule has 0 spiro atoms. The van der Waals surface area contributed by atoms with Crippen molar-refractivity contribution in [2.24, 2.45) is 0 Å². The average molecular weight is 1190 g/mol. The molecule has 83 heavy (non-hydrogen) atoms. The number of benzene rings is 2. The number of carbonyl (C=O) groups excluding carboxylic acids is 2. The maximum atomic E-state index is 12.4. The summed E-state index contributed by atoms with van der Waals surface area (Å²) in [6, 6.07) is 21.7. The van der Waals surface area contributed by atoms with Gasteiger partial charge in [0.25, 0.3) is 0 Å². The Kier molecular flexibility index (Phi) is 25.0. The van der Waals surface area contributed by atoms with Gasteiger partial charge in [0.05, 0.1) is 31.3 Å². The molecule has 4 aromatic rings. The number of rotatable bonds is 6. The van der Waals surface area contributed by atoms with Crippen molar-refractivity contribution in [2.75, 3.05) is 40.4 Å². The third-order valence-corrected chi connectivity index (χ3v) is 12.5. The largest absolute Gasteiger partial charge is 0.496 e. The van der Waals surface area contributed by atoms with Gasteiger partial charge in [0.15, 0.2) is 0 Å². The number of nitrogens with one attached hydrogen (secondary N) is 1. The molecule has 1 amide bonds. The van der Waals surface area contributed by atoms with Crippen LogP contribution in [0.2, 0.25) is 0 Å². The molecule has 2 aliphatic rings. The zero-order valence-corrected chi connectivity index (χ0v) is 50.5. The van der Waals surface area contributed by atoms with Gasteiger partial charge in [0.1, 0.15) is 17.1 Å². The van der Waals surface area contributed by atoms with Crippen LogP contribution in [0.3, 0.4) is 0 Å². The van der Waals surface area contributed by atoms with Crippen LogP contribution in [-0.4, -0.2) is 114 Å². The molecule has 1 saturated heterocycles. The van der Waals surface area contributed by atoms with E-state index in [1.54, 1.807) is 19.1 Å². The lowest BCUT2D eigenvalue weighted by atomic mass is 9.78. The molecule has 6 rings (SSSR count). The molecule has 22 heteroatoms. The van der Waals surface area contributed by atoms with Crippen molar-refractivity contribution in [3.05, 3.63) is 100 Å². The summed E-state index contributed by atoms with van der Waals surface area (Å²) in [4.78, 5) is 50.8. The zero-order chi connectivity index (χ0) is 64.1. The van der Waals surface area contributed by atoms with E-state index in [0.29, 0.717) is 19.0 Å². The van der Waals surface area contributed by atoms with Gasteiger partial charge >= 0.3 is 36.6 Å². The van der Waals surface area contributed by atoms with Crippen LogP contribution in [0.4, 0.5) is 44.3 Å². The Bertz CT molecular complexity index is 2770. The normalized spacial score (nSPS) is 14.5. The van der Waals surface area contributed by atoms with Crippen molar-refractivity contribution in [1.29, 1.82) is 0 Å². The molecule has 0 unspecified atom stereocenters. The van der Waals surface area contributed by atoms with E-state index in [2.05, 4.69) is 155 Å². The number of hydrogen-bond acceptors (Lipinski definition) is 10. The second kappa shape index (κ2) is 28.7. The Morgan fingerprint density at radius 3 is 1.25 bits per heavy atom. The highest BCUT2D eigenvalue weighted by atomic mass is 19.4. The average Bonchev–Trinajstić information content (AvgIpc) is 3.58. The fourth-order valence-electron chi connectivity index (χ4n) is 8.35. The molecule has 3 N–H and O–H groups in total. The fourth-order valence-corrected chi connectivity index (χ4v) is 8.35. The predicted octanol–water partition coefficient (Wildman–Crippen LogP) is 15.5. The zero-order valence-electron chi connectivity index (χ0n) is 50.5. The van der Waals surface area contributed by atoms with Crippen LogP contribution in [0.15, 0.2) is 66.7 Å². The quantitative estimate of drug-likeness (QED) is 0.123. The molecular formula is C61H83F9N4O9. The number of pyridine rings is 2. The maximum Gasteiger partial charge on any atom is 0.490 e. The standard InChI is InChI=1S/C30H42N2O3.C25H36N2O.2C2HF3O2.C2HF3O.H2/c1-28(2,3)22-18-21(19-23(26(22)34-10)29(4,5)6)25-13-11-12-24(31-25)20-14-16-32(17-15-20)27(33)35-30(7,8)9;1-24(2,3)19-15-18(16-20(23(19)28-7)25(4,5)6)22-10-8-9-21(27-22)17-11-13-26-14-12-17;2*3-2(4,5)1(6)7;3-2(4,5)1-6;/h11-14,18-19H,15-17H2,1-10H3;8-10,15-17,26H,11-14H2,1-7H3;2*(H,6,7);1H;1H. The van der Waals surface area contributed by atoms with Crippen LogP contribution < -0.4 is 14.8 Å². The molecule has 4 heterocycles. The van der Waals surface area contributed by atoms with Crippen LogP contribution >= 0.6 is 0 Å². The molecule has 2 aromatic heterocycles. The van der Waals surface area contributed by atoms with Gasteiger partial charge in [0, 0.05) is 59.5 Å². The molecule has 0 atom stereocenters. The second-order valence-electron chi connectivity index (χ2n) is 24.8. The van der Waals surface area contributed by atoms with E-state index in [1.165, 1.54) is 46.4 Å². The minimum atomic E-state index is -5.08. The van der Waals surface area contributed by atoms with Crippen LogP contribution in [0, 0.1) is 0 Å². The van der Waals surface area contributed by atoms with Gasteiger partial charge in [-0.25, -0.2) is 19.4 Å². The van der Waals surface area contributed by atoms with Gasteiger partial charge in [-0.2, -0.15) is 39.5 Å². The number of carboxylic acid groups (broad SMARTS) is 2. The lowest BCUT2D eigenvalue weighted by Gasteiger charge is -2.30. The number of halogens is 9. The summed E-state index contributed by atoms with van der Waals surface area (Å²) in [6.07, 6.45) is -11.0. The Morgan fingerprint density at radius 2 is 0.952 bits per heavy atom. The summed E-state index contributed by atoms with van der Waals surface area (Å²) < 4.78 is 112. The van der Waals surface area contributed by atoms with E-state index in [0.717, 1.165) is 59.2 Å². The number of aromatic nitrogens is 2. The van der Waals surface area contributed by atoms with E-state index in [-0.39, 0.29) is 29.2 Å². The lowest BCUT2D eigenvalue weighted by Crippen LogP contribution is -2.39. The summed E-state index contributed by atoms with van der Waals surface area (Å²) in [7, 11) is 3.55. The topological polar surface area (TPSA) is 177 Å². The lowest BCUT2D eigenvalue weighted by molar-refractivity contribution is -0.193. The Labute approximate surface area is 482 Å². The number of hydrogen-bond donors (Lipinski definition) is 3. The summed E-state index contributed by atoms with van der Waals surface area (Å²) >= 11 is 0. The van der Waals surface area contributed by atoms with Crippen molar-refractivity contribution in [3.8, 4) is 34.0 Å². The smallest absolute Gasteiger partial charge is 0.490 e. The highest BCUT2D eigenvalue weighted by molar-refractivity contribution is 5.75. The number of methoxy groups -OCH3 is 2. The fraction of sp³-hybridized carbons (Fsp3) is 0.541. The molecule has 464 valence electrons. The van der Waals surface area contributed by atoms with Gasteiger partial charge in [-0.05, 0) is 129 Å². The van der Waals surface area contributed by atoms with E-state index >= 15 is 0 Å². The van der Waals surface area contributed by atoms with Crippen molar-refractivity contribution < 1.29 is 84.5 Å². The Balaban J connectivity index is 0.000000635. The minimum absolute atomic E-state index is 0. The van der Waals surface area contributed by atoms with E-state index in [9.17, 15) is 44.3 Å². The first-order chi connectivity index (χ1) is 37.7. The summed E-state index contributed by atoms with van der Waals surface area (Å²) in [5.41, 5.74) is 11.8. The predicted molar refractivity (Wildman–Crippen MR) is 304 cm³/mol. The van der Waals surface area contributed by atoms with Crippen LogP contribution in [0.1, 0.15) is 164 Å². The van der Waals surface area contributed by atoms with Crippen LogP contribution in [0.25, 0.3) is 28.1 Å². The van der Waals surface area contributed by atoms with E-state index < -0.39 is 42.4 Å². The van der Waals surface area contributed by atoms with Gasteiger partial charge in [0.2, 0.25) is 6.29 Å². The SMILES string of the molecule is COc1c(C(C)(C)C)cc(-c2cccc(C3=CCN(C(=O)OC(C)(C)C)CC3)n2)cc1C(C)(C)C.COc1c(C(C)(C)C)cc(-c2cccc(C3CCNCC3)n2)cc1C(C)(C)C.O=C(O)C(F)(F)F.O=C(O)C(F)(F)F.O=CC(F)(F)F.[HH]. The van der Waals surface area contributed by atoms with E-state index in [4.69, 9.17) is 48.8 Å². The summed E-state index contributed by atoms with van der Waals surface area (Å²) in [5.74, 6) is -2.98. The first-order valence-electron chi connectivity index (χ1n) is 26.6. The number of ether oxygens (including phenoxy) is 3. The maximum absolute atomic E-state index is 12.4. The Hall–Kier alpha value is -6.71. The van der Waals surface area contributed by atoms with Crippen LogP contribution in [-0.2, 0) is 40.8 Å². The number of alkyl halides is 9. The van der Waals surface area contributed by atoms with Crippen molar-refractivity contribution >= 4 is 29.9 Å². The second-order valence-corrected chi connectivity index (χ2v) is 24.8. The van der Waals surface area contributed by atoms with Gasteiger partial charge in [-0.3, -0.25) is 9.78 Å². The van der Waals surface area contributed by atoms with Gasteiger partial charge in [-0.15, -0.1) is 0 Å². The number of piperidine rings is 1. The van der Waals surface area contributed by atoms with Crippen molar-refractivity contribution in [1.82, 2.24) is 20.2 Å². The van der Waals surface area contributed by atoms with Crippen molar-refractivity contribution in [2.45, 2.75) is 175 Å². The molecule has 0 aliphatic carbocycles. The van der Waals surface area contributed by atoms with Gasteiger partial charge in [-0.1, -0.05) is 101 Å². The molecule has 0 bridgehead atoms. The summed E-state index contributed by atoms with van der Waals surface area (Å²) in [5, 5.41) is 17.7. The number of carbonyl (C=O) groups is 4. The highest BCUT2D eigenvalue weighted by Crippen LogP contribution is 2.44. The molecule has 2 aromatic carbocycles. The van der Waals surface area contributed by atoms with Crippen LogP contribution in [0.5, 0.6) is 11.5 Å². The first-order valence-corrected chi connectivity index (χ1v) is 26.6. The molecule has 1 fully saturated rings. The first kappa shape index (κ1) is 72.4. The monoisotopic (exact) mass is 1190 g/mol. The Morgan fingerprint density at radius 1 is 0.602 bits per heavy atom. The minimum Gasteiger partial charge on any atom is -0.496 e. The number of aliphatic carboxylic acids is 2.